The van der Waals surface area contributed by atoms with Gasteiger partial charge >= 0.3 is 0 Å². The minimum atomic E-state index is -0.339. The highest BCUT2D eigenvalue weighted by Crippen LogP contribution is 2.34. The Hall–Kier alpha value is -3.96. The Morgan fingerprint density at radius 1 is 1.23 bits per heavy atom. The van der Waals surface area contributed by atoms with Crippen molar-refractivity contribution in [2.24, 2.45) is 13.0 Å². The molecular weight excluding hydrogens is 451 g/mol. The Morgan fingerprint density at radius 3 is 2.80 bits per heavy atom. The van der Waals surface area contributed by atoms with E-state index in [-0.39, 0.29) is 24.0 Å². The number of rotatable bonds is 7. The Kier molecular flexibility index (Phi) is 6.34. The molecule has 1 saturated carbocycles. The Morgan fingerprint density at radius 2 is 2.06 bits per heavy atom. The van der Waals surface area contributed by atoms with E-state index >= 15 is 0 Å². The van der Waals surface area contributed by atoms with Crippen molar-refractivity contribution in [1.29, 1.82) is 0 Å². The fourth-order valence-corrected chi connectivity index (χ4v) is 4.68. The third-order valence-corrected chi connectivity index (χ3v) is 6.64. The van der Waals surface area contributed by atoms with Crippen molar-refractivity contribution in [3.63, 3.8) is 0 Å². The average Bonchev–Trinajstić information content (AvgIpc) is 3.52. The van der Waals surface area contributed by atoms with E-state index in [4.69, 9.17) is 0 Å². The summed E-state index contributed by atoms with van der Waals surface area (Å²) >= 11 is 0. The molecule has 4 aromatic rings. The van der Waals surface area contributed by atoms with Crippen molar-refractivity contribution in [3.8, 4) is 0 Å². The fourth-order valence-electron chi connectivity index (χ4n) is 4.68. The highest BCUT2D eigenvalue weighted by molar-refractivity contribution is 6.05. The molecule has 1 aliphatic rings. The monoisotopic (exact) mass is 478 g/mol. The number of aryl methyl sites for hydroxylation is 2. The number of tetrazole rings is 1. The lowest BCUT2D eigenvalue weighted by Gasteiger charge is -2.26. The first kappa shape index (κ1) is 22.8. The number of aromatic amines is 1. The maximum Gasteiger partial charge on any atom is 0.272 e. The van der Waals surface area contributed by atoms with E-state index < -0.39 is 0 Å². The van der Waals surface area contributed by atoms with Crippen LogP contribution in [-0.4, -0.2) is 52.8 Å². The third kappa shape index (κ3) is 4.81. The summed E-state index contributed by atoms with van der Waals surface area (Å²) in [6.07, 6.45) is 5.54. The summed E-state index contributed by atoms with van der Waals surface area (Å²) in [5.41, 5.74) is 2.75. The molecule has 0 saturated heterocycles. The van der Waals surface area contributed by atoms with E-state index in [0.717, 1.165) is 43.6 Å². The van der Waals surface area contributed by atoms with Crippen LogP contribution in [0.4, 0.5) is 10.2 Å². The number of aromatic nitrogens is 8. The van der Waals surface area contributed by atoms with Crippen molar-refractivity contribution in [2.75, 3.05) is 11.9 Å². The molecular formula is C23H27FN10O. The van der Waals surface area contributed by atoms with Crippen LogP contribution >= 0.6 is 0 Å². The van der Waals surface area contributed by atoms with E-state index in [1.54, 1.807) is 30.8 Å². The van der Waals surface area contributed by atoms with Gasteiger partial charge in [-0.05, 0) is 55.7 Å². The van der Waals surface area contributed by atoms with Crippen LogP contribution in [0.15, 0.2) is 24.5 Å². The number of amides is 1. The average molecular weight is 479 g/mol. The van der Waals surface area contributed by atoms with Gasteiger partial charge in [0.15, 0.2) is 17.3 Å². The molecule has 1 fully saturated rings. The normalized spacial score (nSPS) is 18.0. The number of H-pyrrole nitrogens is 1. The molecule has 1 amide bonds. The topological polar surface area (TPSA) is 139 Å². The van der Waals surface area contributed by atoms with Crippen LogP contribution in [-0.2, 0) is 13.6 Å². The molecule has 35 heavy (non-hydrogen) atoms. The summed E-state index contributed by atoms with van der Waals surface area (Å²) in [4.78, 5) is 21.5. The molecule has 0 bridgehead atoms. The lowest BCUT2D eigenvalue weighted by atomic mass is 9.81. The number of hydrogen-bond donors (Lipinski definition) is 3. The van der Waals surface area contributed by atoms with E-state index in [1.807, 2.05) is 0 Å². The number of carbonyl (C=O) groups excluding carboxylic acids is 1. The molecule has 0 spiro atoms. The lowest BCUT2D eigenvalue weighted by molar-refractivity contribution is 0.0947. The predicted octanol–water partition coefficient (Wildman–Crippen LogP) is 2.64. The smallest absolute Gasteiger partial charge is 0.272 e. The third-order valence-electron chi connectivity index (χ3n) is 6.64. The van der Waals surface area contributed by atoms with Gasteiger partial charge in [0.25, 0.3) is 5.91 Å². The van der Waals surface area contributed by atoms with E-state index in [1.165, 1.54) is 12.4 Å². The summed E-state index contributed by atoms with van der Waals surface area (Å²) in [5.74, 6) is 1.67. The zero-order chi connectivity index (χ0) is 24.4. The van der Waals surface area contributed by atoms with Gasteiger partial charge in [-0.15, -0.1) is 10.2 Å². The molecule has 3 aromatic heterocycles. The molecule has 0 aliphatic heterocycles. The predicted molar refractivity (Wildman–Crippen MR) is 126 cm³/mol. The summed E-state index contributed by atoms with van der Waals surface area (Å²) in [6, 6.07) is 4.77. The largest absolute Gasteiger partial charge is 0.366 e. The molecule has 0 atom stereocenters. The summed E-state index contributed by atoms with van der Waals surface area (Å²) in [5, 5.41) is 25.3. The van der Waals surface area contributed by atoms with Crippen molar-refractivity contribution >= 4 is 22.8 Å². The minimum Gasteiger partial charge on any atom is -0.366 e. The summed E-state index contributed by atoms with van der Waals surface area (Å²) in [6.45, 7) is 2.72. The molecule has 3 N–H and O–H groups in total. The van der Waals surface area contributed by atoms with Gasteiger partial charge in [0.1, 0.15) is 23.2 Å². The van der Waals surface area contributed by atoms with Crippen LogP contribution in [0.1, 0.15) is 59.0 Å². The van der Waals surface area contributed by atoms with Crippen molar-refractivity contribution in [1.82, 2.24) is 45.7 Å². The highest BCUT2D eigenvalue weighted by atomic mass is 19.1. The van der Waals surface area contributed by atoms with Gasteiger partial charge in [-0.1, -0.05) is 17.3 Å². The molecule has 3 heterocycles. The number of nitrogens with zero attached hydrogens (tertiary/aromatic N) is 7. The van der Waals surface area contributed by atoms with Gasteiger partial charge in [-0.3, -0.25) is 9.48 Å². The van der Waals surface area contributed by atoms with Crippen LogP contribution in [0.25, 0.3) is 11.0 Å². The highest BCUT2D eigenvalue weighted by Gasteiger charge is 2.26. The van der Waals surface area contributed by atoms with E-state index in [2.05, 4.69) is 46.3 Å². The number of benzene rings is 1. The molecule has 0 radical (unpaired) electrons. The van der Waals surface area contributed by atoms with Crippen LogP contribution in [0.5, 0.6) is 0 Å². The Bertz CT molecular complexity index is 1330. The minimum absolute atomic E-state index is 0.248. The maximum absolute atomic E-state index is 13.5. The summed E-state index contributed by atoms with van der Waals surface area (Å²) < 4.78 is 15.1. The summed E-state index contributed by atoms with van der Waals surface area (Å²) in [7, 11) is 1.77. The molecule has 11 nitrogen and oxygen atoms in total. The number of halogens is 1. The number of nitrogens with one attached hydrogen (secondary N) is 3. The van der Waals surface area contributed by atoms with Gasteiger partial charge in [0.05, 0.1) is 0 Å². The molecule has 182 valence electrons. The van der Waals surface area contributed by atoms with Gasteiger partial charge in [0, 0.05) is 26.1 Å². The fraction of sp³-hybridized carbons (Fsp3) is 0.435. The zero-order valence-corrected chi connectivity index (χ0v) is 19.6. The van der Waals surface area contributed by atoms with E-state index in [9.17, 15) is 9.18 Å². The molecule has 0 unspecified atom stereocenters. The molecule has 1 aliphatic carbocycles. The van der Waals surface area contributed by atoms with Crippen LogP contribution < -0.4 is 10.6 Å². The Labute approximate surface area is 200 Å². The van der Waals surface area contributed by atoms with Crippen LogP contribution in [0, 0.1) is 18.7 Å². The first-order valence-corrected chi connectivity index (χ1v) is 11.7. The molecule has 5 rings (SSSR count). The van der Waals surface area contributed by atoms with Gasteiger partial charge in [-0.2, -0.15) is 10.3 Å². The van der Waals surface area contributed by atoms with Crippen LogP contribution in [0.2, 0.25) is 0 Å². The van der Waals surface area contributed by atoms with Gasteiger partial charge in [-0.25, -0.2) is 14.4 Å². The van der Waals surface area contributed by atoms with Gasteiger partial charge in [0.2, 0.25) is 0 Å². The van der Waals surface area contributed by atoms with Crippen LogP contribution in [0.3, 0.4) is 0 Å². The first-order valence-electron chi connectivity index (χ1n) is 11.7. The van der Waals surface area contributed by atoms with Crippen molar-refractivity contribution < 1.29 is 9.18 Å². The number of fused-ring (bicyclic) bond motifs is 1. The SMILES string of the molecule is Cc1cc(CNC(=O)c2ncnc3c(NCC4CCC(c5nn[nH]n5)CC4)nn(C)c23)ccc1F. The van der Waals surface area contributed by atoms with Gasteiger partial charge < -0.3 is 10.6 Å². The quantitative estimate of drug-likeness (QED) is 0.368. The number of carbonyl (C=O) groups is 1. The second kappa shape index (κ2) is 9.72. The Balaban J connectivity index is 1.24. The first-order chi connectivity index (χ1) is 17.0. The standard InChI is InChI=1S/C23H27FN10O/c1-13-9-15(5-8-17(13)24)11-26-23(35)19-20-18(27-12-28-19)22(31-34(20)2)25-10-14-3-6-16(7-4-14)21-29-32-33-30-21/h5,8-9,12,14,16H,3-4,6-7,10-11H2,1-2H3,(H,25,31)(H,26,35)(H,29,30,32,33). The number of hydrogen-bond acceptors (Lipinski definition) is 8. The van der Waals surface area contributed by atoms with Crippen molar-refractivity contribution in [3.05, 3.63) is 53.0 Å². The molecule has 12 heteroatoms. The second-order valence-electron chi connectivity index (χ2n) is 9.03. The van der Waals surface area contributed by atoms with Crippen molar-refractivity contribution in [2.45, 2.75) is 45.1 Å². The van der Waals surface area contributed by atoms with E-state index in [0.29, 0.717) is 34.3 Å². The second-order valence-corrected chi connectivity index (χ2v) is 9.03. The lowest BCUT2D eigenvalue weighted by Crippen LogP contribution is -2.24. The number of anilines is 1. The zero-order valence-electron chi connectivity index (χ0n) is 19.6. The molecule has 1 aromatic carbocycles. The maximum atomic E-state index is 13.5.